The van der Waals surface area contributed by atoms with Crippen molar-refractivity contribution >= 4 is 11.6 Å². The van der Waals surface area contributed by atoms with Gasteiger partial charge in [0.1, 0.15) is 12.6 Å². The zero-order chi connectivity index (χ0) is 17.3. The molecule has 2 rings (SSSR count). The summed E-state index contributed by atoms with van der Waals surface area (Å²) >= 11 is 5.60. The molecule has 0 aromatic heterocycles. The van der Waals surface area contributed by atoms with Crippen LogP contribution in [-0.2, 0) is 6.18 Å². The van der Waals surface area contributed by atoms with Crippen LogP contribution in [0, 0.1) is 0 Å². The molecule has 3 nitrogen and oxygen atoms in total. The zero-order valence-corrected chi connectivity index (χ0v) is 12.8. The number of hydrogen-bond acceptors (Lipinski definition) is 3. The van der Waals surface area contributed by atoms with Gasteiger partial charge < -0.3 is 10.4 Å². The first-order chi connectivity index (χ1) is 10.7. The normalized spacial score (nSPS) is 18.9. The van der Waals surface area contributed by atoms with Crippen LogP contribution in [0.1, 0.15) is 17.2 Å². The molecule has 1 aromatic rings. The Bertz CT molecular complexity index is 546. The van der Waals surface area contributed by atoms with Crippen LogP contribution in [0.5, 0.6) is 0 Å². The average Bonchev–Trinajstić information content (AvgIpc) is 2.49. The van der Waals surface area contributed by atoms with E-state index in [1.807, 2.05) is 0 Å². The number of aliphatic hydroxyl groups is 1. The fourth-order valence-corrected chi connectivity index (χ4v) is 2.90. The summed E-state index contributed by atoms with van der Waals surface area (Å²) in [4.78, 5) is 1.26. The van der Waals surface area contributed by atoms with E-state index in [4.69, 9.17) is 16.7 Å². The van der Waals surface area contributed by atoms with Crippen molar-refractivity contribution in [2.24, 2.45) is 0 Å². The number of halogens is 6. The first-order valence-corrected chi connectivity index (χ1v) is 7.34. The van der Waals surface area contributed by atoms with Gasteiger partial charge in [0.2, 0.25) is 0 Å². The third-order valence-corrected chi connectivity index (χ3v) is 3.98. The summed E-state index contributed by atoms with van der Waals surface area (Å²) in [5.41, 5.74) is -1.79. The van der Waals surface area contributed by atoms with Crippen molar-refractivity contribution in [3.05, 3.63) is 34.3 Å². The molecule has 0 bridgehead atoms. The Morgan fingerprint density at radius 2 is 1.78 bits per heavy atom. The lowest BCUT2D eigenvalue weighted by Crippen LogP contribution is -2.51. The highest BCUT2D eigenvalue weighted by Gasteiger charge is 2.47. The molecule has 0 radical (unpaired) electrons. The second kappa shape index (κ2) is 6.88. The highest BCUT2D eigenvalue weighted by molar-refractivity contribution is 6.30. The maximum absolute atomic E-state index is 14.2. The van der Waals surface area contributed by atoms with Crippen molar-refractivity contribution < 1.29 is 27.1 Å². The number of nitrogens with one attached hydrogen (secondary N) is 1. The van der Waals surface area contributed by atoms with Crippen LogP contribution < -0.4 is 5.32 Å². The van der Waals surface area contributed by atoms with Crippen molar-refractivity contribution in [1.82, 2.24) is 10.2 Å². The summed E-state index contributed by atoms with van der Waals surface area (Å²) in [6.07, 6.45) is -4.82. The molecule has 1 fully saturated rings. The monoisotopic (exact) mass is 358 g/mol. The van der Waals surface area contributed by atoms with Crippen molar-refractivity contribution in [3.63, 3.8) is 0 Å². The van der Waals surface area contributed by atoms with Gasteiger partial charge in [-0.25, -0.2) is 8.78 Å². The van der Waals surface area contributed by atoms with E-state index in [2.05, 4.69) is 5.32 Å². The summed E-state index contributed by atoms with van der Waals surface area (Å²) in [7, 11) is 0. The lowest BCUT2D eigenvalue weighted by atomic mass is 9.93. The minimum absolute atomic E-state index is 0.153. The van der Waals surface area contributed by atoms with Crippen LogP contribution in [-0.4, -0.2) is 48.7 Å². The van der Waals surface area contributed by atoms with E-state index in [-0.39, 0.29) is 18.1 Å². The van der Waals surface area contributed by atoms with Gasteiger partial charge in [0.25, 0.3) is 5.92 Å². The molecule has 1 aromatic carbocycles. The molecule has 1 atom stereocenters. The van der Waals surface area contributed by atoms with Gasteiger partial charge in [0.05, 0.1) is 5.56 Å². The smallest absolute Gasteiger partial charge is 0.390 e. The number of hydrogen-bond donors (Lipinski definition) is 2. The van der Waals surface area contributed by atoms with Crippen molar-refractivity contribution in [3.8, 4) is 0 Å². The molecule has 1 heterocycles. The zero-order valence-electron chi connectivity index (χ0n) is 12.0. The van der Waals surface area contributed by atoms with Gasteiger partial charge in [-0.1, -0.05) is 17.7 Å². The predicted octanol–water partition coefficient (Wildman–Crippen LogP) is 2.93. The molecular formula is C14H16ClF5N2O. The number of nitrogens with zero attached hydrogens (tertiary/aromatic N) is 1. The van der Waals surface area contributed by atoms with E-state index >= 15 is 0 Å². The Hall–Kier alpha value is -0.960. The minimum atomic E-state index is -4.82. The molecule has 1 aliphatic rings. The van der Waals surface area contributed by atoms with Crippen molar-refractivity contribution in [1.29, 1.82) is 0 Å². The summed E-state index contributed by atoms with van der Waals surface area (Å²) < 4.78 is 68.2. The molecular weight excluding hydrogens is 343 g/mol. The van der Waals surface area contributed by atoms with Crippen LogP contribution in [0.4, 0.5) is 22.0 Å². The second-order valence-electron chi connectivity index (χ2n) is 5.34. The molecule has 0 amide bonds. The molecule has 1 saturated heterocycles. The Kier molecular flexibility index (Phi) is 5.50. The molecule has 1 aliphatic heterocycles. The maximum Gasteiger partial charge on any atom is 0.416 e. The number of benzene rings is 1. The van der Waals surface area contributed by atoms with Crippen LogP contribution in [0.2, 0.25) is 5.02 Å². The Labute approximate surface area is 135 Å². The summed E-state index contributed by atoms with van der Waals surface area (Å²) in [5, 5.41) is 11.8. The van der Waals surface area contributed by atoms with Gasteiger partial charge in [-0.3, -0.25) is 4.90 Å². The maximum atomic E-state index is 14.2. The van der Waals surface area contributed by atoms with E-state index < -0.39 is 35.9 Å². The average molecular weight is 359 g/mol. The molecule has 23 heavy (non-hydrogen) atoms. The Morgan fingerprint density at radius 1 is 1.17 bits per heavy atom. The Balaban J connectivity index is 2.55. The van der Waals surface area contributed by atoms with Gasteiger partial charge in [-0.05, 0) is 17.7 Å². The van der Waals surface area contributed by atoms with E-state index in [0.29, 0.717) is 19.2 Å². The summed E-state index contributed by atoms with van der Waals surface area (Å²) in [6.45, 7) is -0.470. The first-order valence-electron chi connectivity index (χ1n) is 6.97. The van der Waals surface area contributed by atoms with Gasteiger partial charge in [-0.15, -0.1) is 0 Å². The molecule has 2 N–H and O–H groups in total. The number of aliphatic hydroxyl groups excluding tert-OH is 1. The number of piperazine rings is 1. The predicted molar refractivity (Wildman–Crippen MR) is 75.7 cm³/mol. The van der Waals surface area contributed by atoms with Crippen LogP contribution >= 0.6 is 11.6 Å². The lowest BCUT2D eigenvalue weighted by Gasteiger charge is -2.39. The second-order valence-corrected chi connectivity index (χ2v) is 5.77. The fourth-order valence-electron chi connectivity index (χ4n) is 2.73. The molecule has 0 spiro atoms. The van der Waals surface area contributed by atoms with Crippen molar-refractivity contribution in [2.75, 3.05) is 32.8 Å². The topological polar surface area (TPSA) is 35.5 Å². The van der Waals surface area contributed by atoms with Crippen LogP contribution in [0.25, 0.3) is 0 Å². The standard InChI is InChI=1S/C14H16ClF5N2O/c15-9-1-2-10(11(7-9)14(18,19)20)12(13(16,17)8-23)22-5-3-21-4-6-22/h1-2,7,12,21,23H,3-6,8H2/t12-/m1/s1. The summed E-state index contributed by atoms with van der Waals surface area (Å²) in [6, 6.07) is 0.874. The van der Waals surface area contributed by atoms with Crippen LogP contribution in [0.15, 0.2) is 18.2 Å². The summed E-state index contributed by atoms with van der Waals surface area (Å²) in [5.74, 6) is -3.72. The van der Waals surface area contributed by atoms with E-state index in [1.165, 1.54) is 4.90 Å². The highest BCUT2D eigenvalue weighted by Crippen LogP contribution is 2.43. The van der Waals surface area contributed by atoms with Crippen molar-refractivity contribution in [2.45, 2.75) is 18.1 Å². The Morgan fingerprint density at radius 3 is 2.30 bits per heavy atom. The van der Waals surface area contributed by atoms with E-state index in [9.17, 15) is 22.0 Å². The first kappa shape index (κ1) is 18.4. The third kappa shape index (κ3) is 4.12. The SMILES string of the molecule is OCC(F)(F)[C@@H](c1ccc(Cl)cc1C(F)(F)F)N1CCNCC1. The quantitative estimate of drug-likeness (QED) is 0.812. The van der Waals surface area contributed by atoms with Crippen LogP contribution in [0.3, 0.4) is 0 Å². The molecule has 0 aliphatic carbocycles. The van der Waals surface area contributed by atoms with Gasteiger partial charge in [0.15, 0.2) is 0 Å². The highest BCUT2D eigenvalue weighted by atomic mass is 35.5. The van der Waals surface area contributed by atoms with E-state index in [0.717, 1.165) is 12.1 Å². The van der Waals surface area contributed by atoms with Gasteiger partial charge in [-0.2, -0.15) is 13.2 Å². The van der Waals surface area contributed by atoms with Gasteiger partial charge >= 0.3 is 6.18 Å². The third-order valence-electron chi connectivity index (χ3n) is 3.74. The van der Waals surface area contributed by atoms with Gasteiger partial charge in [0, 0.05) is 31.2 Å². The molecule has 0 unspecified atom stereocenters. The fraction of sp³-hybridized carbons (Fsp3) is 0.571. The lowest BCUT2D eigenvalue weighted by molar-refractivity contribution is -0.145. The molecule has 130 valence electrons. The minimum Gasteiger partial charge on any atom is -0.390 e. The molecule has 9 heteroatoms. The number of alkyl halides is 5. The number of rotatable bonds is 4. The van der Waals surface area contributed by atoms with E-state index in [1.54, 1.807) is 0 Å². The molecule has 0 saturated carbocycles. The largest absolute Gasteiger partial charge is 0.416 e.